The summed E-state index contributed by atoms with van der Waals surface area (Å²) in [7, 11) is 1.60. The Bertz CT molecular complexity index is 569. The second-order valence-corrected chi connectivity index (χ2v) is 3.80. The van der Waals surface area contributed by atoms with Gasteiger partial charge in [0.15, 0.2) is 0 Å². The summed E-state index contributed by atoms with van der Waals surface area (Å²) in [6, 6.07) is 7.38. The third-order valence-electron chi connectivity index (χ3n) is 2.59. The minimum Gasteiger partial charge on any atom is -0.494 e. The molecular formula is C13H15N3O2. The van der Waals surface area contributed by atoms with E-state index in [0.29, 0.717) is 24.4 Å². The molecule has 0 bridgehead atoms. The summed E-state index contributed by atoms with van der Waals surface area (Å²) in [4.78, 5) is 16.0. The quantitative estimate of drug-likeness (QED) is 0.840. The van der Waals surface area contributed by atoms with Crippen molar-refractivity contribution in [2.75, 3.05) is 20.2 Å². The van der Waals surface area contributed by atoms with Crippen molar-refractivity contribution in [3.8, 4) is 5.75 Å². The number of carbonyl (C=O) groups is 1. The van der Waals surface area contributed by atoms with Gasteiger partial charge in [-0.15, -0.1) is 0 Å². The number of nitrogens with two attached hydrogens (primary N) is 1. The largest absolute Gasteiger partial charge is 0.494 e. The highest BCUT2D eigenvalue weighted by Gasteiger charge is 2.08. The molecule has 0 spiro atoms. The third kappa shape index (κ3) is 2.41. The van der Waals surface area contributed by atoms with Crippen LogP contribution in [-0.4, -0.2) is 31.1 Å². The van der Waals surface area contributed by atoms with Gasteiger partial charge in [-0.2, -0.15) is 0 Å². The summed E-state index contributed by atoms with van der Waals surface area (Å²) in [5.74, 6) is 0.527. The van der Waals surface area contributed by atoms with Crippen molar-refractivity contribution < 1.29 is 9.53 Å². The van der Waals surface area contributed by atoms with Gasteiger partial charge in [0.2, 0.25) is 0 Å². The minimum atomic E-state index is -0.169. The molecule has 0 aliphatic rings. The van der Waals surface area contributed by atoms with E-state index in [-0.39, 0.29) is 5.91 Å². The Morgan fingerprint density at radius 2 is 2.33 bits per heavy atom. The van der Waals surface area contributed by atoms with Crippen molar-refractivity contribution in [2.45, 2.75) is 0 Å². The molecule has 0 unspecified atom stereocenters. The summed E-state index contributed by atoms with van der Waals surface area (Å²) < 4.78 is 5.21. The van der Waals surface area contributed by atoms with Crippen molar-refractivity contribution >= 4 is 16.8 Å². The lowest BCUT2D eigenvalue weighted by Crippen LogP contribution is -2.29. The van der Waals surface area contributed by atoms with Crippen LogP contribution in [0.4, 0.5) is 0 Å². The normalized spacial score (nSPS) is 10.3. The third-order valence-corrected chi connectivity index (χ3v) is 2.59. The number of rotatable bonds is 4. The van der Waals surface area contributed by atoms with E-state index in [1.54, 1.807) is 13.2 Å². The van der Waals surface area contributed by atoms with E-state index >= 15 is 0 Å². The number of hydrogen-bond donors (Lipinski definition) is 2. The van der Waals surface area contributed by atoms with Crippen LogP contribution in [0.15, 0.2) is 30.5 Å². The molecule has 1 aromatic carbocycles. The smallest absolute Gasteiger partial charge is 0.252 e. The average Bonchev–Trinajstić information content (AvgIpc) is 2.43. The minimum absolute atomic E-state index is 0.169. The van der Waals surface area contributed by atoms with E-state index in [9.17, 15) is 4.79 Å². The molecule has 5 nitrogen and oxygen atoms in total. The number of hydrogen-bond acceptors (Lipinski definition) is 4. The monoisotopic (exact) mass is 245 g/mol. The molecule has 0 radical (unpaired) electrons. The summed E-state index contributed by atoms with van der Waals surface area (Å²) in [6.07, 6.45) is 1.54. The number of nitrogens with one attached hydrogen (secondary N) is 1. The van der Waals surface area contributed by atoms with Gasteiger partial charge in [-0.25, -0.2) is 0 Å². The van der Waals surface area contributed by atoms with Gasteiger partial charge in [0.1, 0.15) is 11.3 Å². The zero-order chi connectivity index (χ0) is 13.0. The molecule has 3 N–H and O–H groups in total. The lowest BCUT2D eigenvalue weighted by Gasteiger charge is -2.07. The van der Waals surface area contributed by atoms with Crippen molar-refractivity contribution in [3.05, 3.63) is 36.0 Å². The molecule has 1 aromatic heterocycles. The zero-order valence-electron chi connectivity index (χ0n) is 10.1. The molecule has 0 saturated heterocycles. The summed E-state index contributed by atoms with van der Waals surface area (Å²) >= 11 is 0. The van der Waals surface area contributed by atoms with Crippen LogP contribution >= 0.6 is 0 Å². The van der Waals surface area contributed by atoms with Crippen LogP contribution in [0.25, 0.3) is 10.9 Å². The first-order chi connectivity index (χ1) is 8.76. The molecule has 2 rings (SSSR count). The zero-order valence-corrected chi connectivity index (χ0v) is 10.1. The SMILES string of the molecule is COc1cccc2cc(C(=O)NCCN)cnc12. The van der Waals surface area contributed by atoms with Gasteiger partial charge in [0.05, 0.1) is 12.7 Å². The standard InChI is InChI=1S/C13H15N3O2/c1-18-11-4-2-3-9-7-10(8-16-12(9)11)13(17)15-6-5-14/h2-4,7-8H,5-6,14H2,1H3,(H,15,17). The molecule has 2 aromatic rings. The second-order valence-electron chi connectivity index (χ2n) is 3.80. The fraction of sp³-hybridized carbons (Fsp3) is 0.231. The Hall–Kier alpha value is -2.14. The van der Waals surface area contributed by atoms with Crippen molar-refractivity contribution in [1.29, 1.82) is 0 Å². The molecule has 0 fully saturated rings. The van der Waals surface area contributed by atoms with Crippen LogP contribution in [-0.2, 0) is 0 Å². The maximum atomic E-state index is 11.8. The molecule has 1 amide bonds. The number of benzene rings is 1. The van der Waals surface area contributed by atoms with Gasteiger partial charge < -0.3 is 15.8 Å². The molecule has 94 valence electrons. The number of methoxy groups -OCH3 is 1. The first-order valence-corrected chi connectivity index (χ1v) is 5.67. The molecule has 0 aliphatic carbocycles. The fourth-order valence-electron chi connectivity index (χ4n) is 1.71. The topological polar surface area (TPSA) is 77.2 Å². The Kier molecular flexibility index (Phi) is 3.74. The fourth-order valence-corrected chi connectivity index (χ4v) is 1.71. The van der Waals surface area contributed by atoms with Gasteiger partial charge in [-0.05, 0) is 12.1 Å². The van der Waals surface area contributed by atoms with Gasteiger partial charge in [0, 0.05) is 24.7 Å². The first kappa shape index (κ1) is 12.3. The average molecular weight is 245 g/mol. The summed E-state index contributed by atoms with van der Waals surface area (Å²) in [6.45, 7) is 0.871. The maximum Gasteiger partial charge on any atom is 0.252 e. The van der Waals surface area contributed by atoms with E-state index < -0.39 is 0 Å². The number of carbonyl (C=O) groups excluding carboxylic acids is 1. The molecule has 1 heterocycles. The number of aromatic nitrogens is 1. The lowest BCUT2D eigenvalue weighted by atomic mass is 10.1. The van der Waals surface area contributed by atoms with E-state index in [1.165, 1.54) is 6.20 Å². The Balaban J connectivity index is 2.36. The predicted octanol–water partition coefficient (Wildman–Crippen LogP) is 0.932. The highest BCUT2D eigenvalue weighted by molar-refractivity contribution is 5.98. The van der Waals surface area contributed by atoms with E-state index in [2.05, 4.69) is 10.3 Å². The van der Waals surface area contributed by atoms with Crippen molar-refractivity contribution in [2.24, 2.45) is 5.73 Å². The predicted molar refractivity (Wildman–Crippen MR) is 69.7 cm³/mol. The van der Waals surface area contributed by atoms with Crippen LogP contribution in [0.1, 0.15) is 10.4 Å². The highest BCUT2D eigenvalue weighted by atomic mass is 16.5. The van der Waals surface area contributed by atoms with Crippen LogP contribution in [0.2, 0.25) is 0 Å². The number of fused-ring (bicyclic) bond motifs is 1. The number of nitrogens with zero attached hydrogens (tertiary/aromatic N) is 1. The van der Waals surface area contributed by atoms with Crippen molar-refractivity contribution in [1.82, 2.24) is 10.3 Å². The Morgan fingerprint density at radius 1 is 1.50 bits per heavy atom. The molecular weight excluding hydrogens is 230 g/mol. The number of pyridine rings is 1. The molecule has 0 atom stereocenters. The Morgan fingerprint density at radius 3 is 3.06 bits per heavy atom. The Labute approximate surface area is 105 Å². The van der Waals surface area contributed by atoms with Gasteiger partial charge in [-0.3, -0.25) is 9.78 Å². The van der Waals surface area contributed by atoms with Crippen LogP contribution in [0.3, 0.4) is 0 Å². The highest BCUT2D eigenvalue weighted by Crippen LogP contribution is 2.23. The lowest BCUT2D eigenvalue weighted by molar-refractivity contribution is 0.0954. The molecule has 5 heteroatoms. The van der Waals surface area contributed by atoms with Gasteiger partial charge in [-0.1, -0.05) is 12.1 Å². The molecule has 0 saturated carbocycles. The van der Waals surface area contributed by atoms with Crippen LogP contribution < -0.4 is 15.8 Å². The van der Waals surface area contributed by atoms with Crippen molar-refractivity contribution in [3.63, 3.8) is 0 Å². The second kappa shape index (κ2) is 5.46. The van der Waals surface area contributed by atoms with Crippen LogP contribution in [0.5, 0.6) is 5.75 Å². The van der Waals surface area contributed by atoms with Gasteiger partial charge >= 0.3 is 0 Å². The first-order valence-electron chi connectivity index (χ1n) is 5.67. The number of amides is 1. The summed E-state index contributed by atoms with van der Waals surface area (Å²) in [5, 5.41) is 3.58. The number of para-hydroxylation sites is 1. The maximum absolute atomic E-state index is 11.8. The summed E-state index contributed by atoms with van der Waals surface area (Å²) in [5.41, 5.74) is 6.60. The molecule has 0 aliphatic heterocycles. The van der Waals surface area contributed by atoms with E-state index in [4.69, 9.17) is 10.5 Å². The van der Waals surface area contributed by atoms with Crippen LogP contribution in [0, 0.1) is 0 Å². The molecule has 18 heavy (non-hydrogen) atoms. The number of ether oxygens (including phenoxy) is 1. The van der Waals surface area contributed by atoms with E-state index in [1.807, 2.05) is 18.2 Å². The van der Waals surface area contributed by atoms with Gasteiger partial charge in [0.25, 0.3) is 5.91 Å². The van der Waals surface area contributed by atoms with E-state index in [0.717, 1.165) is 10.9 Å².